The van der Waals surface area contributed by atoms with Crippen LogP contribution in [0.15, 0.2) is 35.5 Å². The van der Waals surface area contributed by atoms with Gasteiger partial charge in [0.25, 0.3) is 0 Å². The first kappa shape index (κ1) is 19.6. The number of rotatable bonds is 6. The third kappa shape index (κ3) is 4.39. The zero-order chi connectivity index (χ0) is 19.6. The lowest BCUT2D eigenvalue weighted by Crippen LogP contribution is -2.23. The Hall–Kier alpha value is -2.19. The van der Waals surface area contributed by atoms with Gasteiger partial charge in [0, 0.05) is 16.5 Å². The summed E-state index contributed by atoms with van der Waals surface area (Å²) in [6.07, 6.45) is 0. The number of carbonyl (C=O) groups is 1. The summed E-state index contributed by atoms with van der Waals surface area (Å²) < 4.78 is 2.07. The number of thioether (sulfide) groups is 1. The highest BCUT2D eigenvalue weighted by molar-refractivity contribution is 8.00. The van der Waals surface area contributed by atoms with Crippen LogP contribution in [-0.2, 0) is 4.79 Å². The fourth-order valence-corrected chi connectivity index (χ4v) is 4.35. The summed E-state index contributed by atoms with van der Waals surface area (Å²) in [5.41, 5.74) is 1.96. The average molecular weight is 402 g/mol. The molecule has 2 aromatic heterocycles. The topological polar surface area (TPSA) is 72.7 Å². The lowest BCUT2D eigenvalue weighted by Gasteiger charge is -2.15. The number of anilines is 1. The molecule has 0 aliphatic heterocycles. The van der Waals surface area contributed by atoms with Crippen molar-refractivity contribution in [3.8, 4) is 11.4 Å². The lowest BCUT2D eigenvalue weighted by atomic mass is 10.2. The Balaban J connectivity index is 1.78. The first-order valence-corrected chi connectivity index (χ1v) is 10.5. The van der Waals surface area contributed by atoms with E-state index in [9.17, 15) is 4.79 Å². The molecule has 3 rings (SSSR count). The fraction of sp³-hybridized carbons (Fsp3) is 0.368. The van der Waals surface area contributed by atoms with E-state index in [4.69, 9.17) is 0 Å². The number of aryl methyl sites for hydroxylation is 2. The Bertz CT molecular complexity index is 913. The van der Waals surface area contributed by atoms with Gasteiger partial charge in [-0.3, -0.25) is 9.36 Å². The van der Waals surface area contributed by atoms with Crippen molar-refractivity contribution in [2.24, 2.45) is 0 Å². The SMILES string of the molecule is Cc1nc(NC(=O)[C@H](C)Sc2nnc(-c3ccccc3)n2C(C)C)sc1C. The summed E-state index contributed by atoms with van der Waals surface area (Å²) in [5.74, 6) is 0.722. The number of benzene rings is 1. The van der Waals surface area contributed by atoms with E-state index >= 15 is 0 Å². The molecule has 0 fully saturated rings. The van der Waals surface area contributed by atoms with Gasteiger partial charge in [0.2, 0.25) is 5.91 Å². The number of nitrogens with one attached hydrogen (secondary N) is 1. The van der Waals surface area contributed by atoms with Crippen molar-refractivity contribution in [1.82, 2.24) is 19.7 Å². The molecule has 0 aliphatic carbocycles. The maximum Gasteiger partial charge on any atom is 0.239 e. The minimum absolute atomic E-state index is 0.0895. The summed E-state index contributed by atoms with van der Waals surface area (Å²) in [5, 5.41) is 12.7. The largest absolute Gasteiger partial charge is 0.301 e. The average Bonchev–Trinajstić information content (AvgIpc) is 3.19. The van der Waals surface area contributed by atoms with Gasteiger partial charge in [-0.2, -0.15) is 0 Å². The molecule has 0 saturated heterocycles. The second kappa shape index (κ2) is 8.22. The predicted molar refractivity (Wildman–Crippen MR) is 111 cm³/mol. The van der Waals surface area contributed by atoms with Crippen LogP contribution in [0.1, 0.15) is 37.4 Å². The van der Waals surface area contributed by atoms with Crippen LogP contribution >= 0.6 is 23.1 Å². The van der Waals surface area contributed by atoms with Gasteiger partial charge in [-0.1, -0.05) is 42.1 Å². The van der Waals surface area contributed by atoms with E-state index in [1.165, 1.54) is 23.1 Å². The van der Waals surface area contributed by atoms with Gasteiger partial charge in [-0.05, 0) is 34.6 Å². The molecule has 6 nitrogen and oxygen atoms in total. The molecule has 0 saturated carbocycles. The predicted octanol–water partition coefficient (Wildman–Crippen LogP) is 4.72. The molecule has 1 atom stereocenters. The van der Waals surface area contributed by atoms with E-state index in [0.717, 1.165) is 27.1 Å². The number of amides is 1. The van der Waals surface area contributed by atoms with Gasteiger partial charge in [0.15, 0.2) is 16.1 Å². The molecule has 0 radical (unpaired) electrons. The van der Waals surface area contributed by atoms with Gasteiger partial charge < -0.3 is 5.32 Å². The highest BCUT2D eigenvalue weighted by Crippen LogP contribution is 2.30. The molecule has 0 spiro atoms. The number of thiazole rings is 1. The summed E-state index contributed by atoms with van der Waals surface area (Å²) >= 11 is 2.90. The Morgan fingerprint density at radius 1 is 1.15 bits per heavy atom. The molecule has 27 heavy (non-hydrogen) atoms. The highest BCUT2D eigenvalue weighted by atomic mass is 32.2. The lowest BCUT2D eigenvalue weighted by molar-refractivity contribution is -0.115. The van der Waals surface area contributed by atoms with Crippen molar-refractivity contribution < 1.29 is 4.79 Å². The van der Waals surface area contributed by atoms with Gasteiger partial charge in [-0.25, -0.2) is 4.98 Å². The van der Waals surface area contributed by atoms with Crippen LogP contribution < -0.4 is 5.32 Å². The number of hydrogen-bond acceptors (Lipinski definition) is 6. The Morgan fingerprint density at radius 2 is 1.85 bits per heavy atom. The van der Waals surface area contributed by atoms with Crippen LogP contribution in [0, 0.1) is 13.8 Å². The molecule has 8 heteroatoms. The molecule has 0 unspecified atom stereocenters. The molecule has 3 aromatic rings. The first-order valence-electron chi connectivity index (χ1n) is 8.78. The second-order valence-electron chi connectivity index (χ2n) is 6.55. The maximum absolute atomic E-state index is 12.6. The zero-order valence-electron chi connectivity index (χ0n) is 16.1. The summed E-state index contributed by atoms with van der Waals surface area (Å²) in [4.78, 5) is 18.1. The molecule has 2 heterocycles. The maximum atomic E-state index is 12.6. The smallest absolute Gasteiger partial charge is 0.239 e. The van der Waals surface area contributed by atoms with Crippen molar-refractivity contribution in [3.63, 3.8) is 0 Å². The monoisotopic (exact) mass is 401 g/mol. The molecule has 1 N–H and O–H groups in total. The van der Waals surface area contributed by atoms with Gasteiger partial charge >= 0.3 is 0 Å². The number of aromatic nitrogens is 4. The third-order valence-corrected chi connectivity index (χ3v) is 6.17. The molecule has 0 aliphatic rings. The Kier molecular flexibility index (Phi) is 5.96. The van der Waals surface area contributed by atoms with Crippen molar-refractivity contribution in [2.75, 3.05) is 5.32 Å². The van der Waals surface area contributed by atoms with E-state index in [0.29, 0.717) is 5.13 Å². The van der Waals surface area contributed by atoms with E-state index < -0.39 is 0 Å². The quantitative estimate of drug-likeness (QED) is 0.605. The molecule has 0 bridgehead atoms. The normalized spacial score (nSPS) is 12.4. The molecule has 142 valence electrons. The molecule has 1 amide bonds. The van der Waals surface area contributed by atoms with Gasteiger partial charge in [0.1, 0.15) is 0 Å². The van der Waals surface area contributed by atoms with Crippen LogP contribution in [0.5, 0.6) is 0 Å². The first-order chi connectivity index (χ1) is 12.9. The minimum Gasteiger partial charge on any atom is -0.301 e. The van der Waals surface area contributed by atoms with E-state index in [1.54, 1.807) is 0 Å². The number of hydrogen-bond donors (Lipinski definition) is 1. The summed E-state index contributed by atoms with van der Waals surface area (Å²) in [6.45, 7) is 9.99. The molecular weight excluding hydrogens is 378 g/mol. The molecular formula is C19H23N5OS2. The zero-order valence-corrected chi connectivity index (χ0v) is 17.7. The standard InChI is InChI=1S/C19H23N5OS2/c1-11(2)24-16(15-9-7-6-8-10-15)22-23-19(24)27-14(5)17(25)21-18-20-12(3)13(4)26-18/h6-11,14H,1-5H3,(H,20,21,25)/t14-/m0/s1. The Labute approximate surface area is 167 Å². The van der Waals surface area contributed by atoms with Crippen LogP contribution in [0.3, 0.4) is 0 Å². The summed E-state index contributed by atoms with van der Waals surface area (Å²) in [6, 6.07) is 10.1. The summed E-state index contributed by atoms with van der Waals surface area (Å²) in [7, 11) is 0. The minimum atomic E-state index is -0.320. The Morgan fingerprint density at radius 3 is 2.44 bits per heavy atom. The van der Waals surface area contributed by atoms with Crippen LogP contribution in [0.4, 0.5) is 5.13 Å². The van der Waals surface area contributed by atoms with Crippen LogP contribution in [0.25, 0.3) is 11.4 Å². The molecule has 1 aromatic carbocycles. The second-order valence-corrected chi connectivity index (χ2v) is 9.06. The van der Waals surface area contributed by atoms with E-state index in [1.807, 2.05) is 51.1 Å². The van der Waals surface area contributed by atoms with Crippen molar-refractivity contribution >= 4 is 34.1 Å². The fourth-order valence-electron chi connectivity index (χ4n) is 2.55. The number of carbonyl (C=O) groups excluding carboxylic acids is 1. The van der Waals surface area contributed by atoms with Gasteiger partial charge in [-0.15, -0.1) is 21.5 Å². The van der Waals surface area contributed by atoms with E-state index in [-0.39, 0.29) is 17.2 Å². The third-order valence-electron chi connectivity index (χ3n) is 4.12. The van der Waals surface area contributed by atoms with Crippen LogP contribution in [0.2, 0.25) is 0 Å². The number of nitrogens with zero attached hydrogens (tertiary/aromatic N) is 4. The van der Waals surface area contributed by atoms with Gasteiger partial charge in [0.05, 0.1) is 10.9 Å². The van der Waals surface area contributed by atoms with Crippen LogP contribution in [-0.4, -0.2) is 30.9 Å². The van der Waals surface area contributed by atoms with E-state index in [2.05, 4.69) is 38.9 Å². The van der Waals surface area contributed by atoms with Crippen molar-refractivity contribution in [2.45, 2.75) is 51.1 Å². The van der Waals surface area contributed by atoms with Crippen molar-refractivity contribution in [3.05, 3.63) is 40.9 Å². The highest BCUT2D eigenvalue weighted by Gasteiger charge is 2.23. The van der Waals surface area contributed by atoms with Crippen molar-refractivity contribution in [1.29, 1.82) is 0 Å².